The summed E-state index contributed by atoms with van der Waals surface area (Å²) < 4.78 is 11.6. The third kappa shape index (κ3) is 6.56. The van der Waals surface area contributed by atoms with E-state index in [1.165, 1.54) is 32.7 Å². The first-order valence-electron chi connectivity index (χ1n) is 19.5. The van der Waals surface area contributed by atoms with Gasteiger partial charge >= 0.3 is 0 Å². The van der Waals surface area contributed by atoms with Gasteiger partial charge in [0.05, 0.1) is 14.2 Å². The van der Waals surface area contributed by atoms with Crippen molar-refractivity contribution in [1.82, 2.24) is 0 Å². The summed E-state index contributed by atoms with van der Waals surface area (Å²) in [6.07, 6.45) is 0. The van der Waals surface area contributed by atoms with Crippen molar-refractivity contribution < 1.29 is 9.47 Å². The number of methoxy groups -OCH3 is 2. The van der Waals surface area contributed by atoms with Gasteiger partial charge in [-0.15, -0.1) is 11.1 Å². The molecule has 5 rings (SSSR count). The standard InChI is InChI=1S/C48H62O2Si2/c1-29(2)51(30(3)4,31(5)6)19-17-41-43-23-37-21-35(13)36(14)22-38(37)24-44(43)42(18-20-52(32(7)8,33(9)10)34(11)12)46-26-40-28-48(50-16)47(49-15)27-39(40)25-45(41)46/h21-34H,1-16H3. The molecular formula is C48H62O2Si2. The smallest absolute Gasteiger partial charge is 0.161 e. The first-order chi connectivity index (χ1) is 24.4. The average molecular weight is 727 g/mol. The van der Waals surface area contributed by atoms with Crippen LogP contribution in [-0.4, -0.2) is 30.4 Å². The molecule has 4 heteroatoms. The van der Waals surface area contributed by atoms with E-state index in [1.54, 1.807) is 14.2 Å². The zero-order chi connectivity index (χ0) is 38.4. The third-order valence-electron chi connectivity index (χ3n) is 12.7. The van der Waals surface area contributed by atoms with Crippen LogP contribution >= 0.6 is 0 Å². The maximum atomic E-state index is 5.80. The second kappa shape index (κ2) is 15.0. The lowest BCUT2D eigenvalue weighted by molar-refractivity contribution is 0.356. The van der Waals surface area contributed by atoms with Crippen molar-refractivity contribution in [3.63, 3.8) is 0 Å². The second-order valence-corrected chi connectivity index (χ2v) is 28.3. The Balaban J connectivity index is 2.10. The number of ether oxygens (including phenoxy) is 2. The second-order valence-electron chi connectivity index (χ2n) is 17.2. The molecule has 0 bridgehead atoms. The molecule has 0 aliphatic carbocycles. The van der Waals surface area contributed by atoms with Gasteiger partial charge in [0.2, 0.25) is 0 Å². The molecule has 2 nitrogen and oxygen atoms in total. The first-order valence-corrected chi connectivity index (χ1v) is 24.0. The molecule has 0 N–H and O–H groups in total. The van der Waals surface area contributed by atoms with E-state index >= 15 is 0 Å². The number of hydrogen-bond donors (Lipinski definition) is 0. The first kappa shape index (κ1) is 39.5. The lowest BCUT2D eigenvalue weighted by Crippen LogP contribution is -2.43. The van der Waals surface area contributed by atoms with Crippen LogP contribution in [0.3, 0.4) is 0 Å². The fourth-order valence-corrected chi connectivity index (χ4v) is 20.2. The summed E-state index contributed by atoms with van der Waals surface area (Å²) in [5.74, 6) is 9.44. The Labute approximate surface area is 317 Å². The van der Waals surface area contributed by atoms with E-state index in [4.69, 9.17) is 9.47 Å². The van der Waals surface area contributed by atoms with Crippen molar-refractivity contribution in [3.05, 3.63) is 70.8 Å². The summed E-state index contributed by atoms with van der Waals surface area (Å²) in [6, 6.07) is 18.4. The Morgan fingerprint density at radius 2 is 0.654 bits per heavy atom. The van der Waals surface area contributed by atoms with Crippen molar-refractivity contribution >= 4 is 59.2 Å². The van der Waals surface area contributed by atoms with Gasteiger partial charge < -0.3 is 9.47 Å². The molecule has 0 unspecified atom stereocenters. The Morgan fingerprint density at radius 3 is 0.885 bits per heavy atom. The minimum atomic E-state index is -2.05. The molecule has 5 aromatic rings. The summed E-state index contributed by atoms with van der Waals surface area (Å²) in [7, 11) is -0.679. The molecule has 0 amide bonds. The van der Waals surface area contributed by atoms with Crippen molar-refractivity contribution in [2.45, 2.75) is 130 Å². The van der Waals surface area contributed by atoms with Gasteiger partial charge in [-0.2, -0.15) is 0 Å². The van der Waals surface area contributed by atoms with Crippen LogP contribution in [0.5, 0.6) is 11.5 Å². The zero-order valence-electron chi connectivity index (χ0n) is 34.9. The summed E-state index contributed by atoms with van der Waals surface area (Å²) in [5.41, 5.74) is 16.3. The van der Waals surface area contributed by atoms with E-state index < -0.39 is 16.1 Å². The van der Waals surface area contributed by atoms with Gasteiger partial charge in [-0.3, -0.25) is 0 Å². The third-order valence-corrected chi connectivity index (χ3v) is 25.3. The predicted molar refractivity (Wildman–Crippen MR) is 235 cm³/mol. The van der Waals surface area contributed by atoms with E-state index in [1.807, 2.05) is 0 Å². The molecule has 0 fully saturated rings. The van der Waals surface area contributed by atoms with Gasteiger partial charge in [-0.1, -0.05) is 107 Å². The molecular weight excluding hydrogens is 665 g/mol. The summed E-state index contributed by atoms with van der Waals surface area (Å²) in [4.78, 5) is 0. The van der Waals surface area contributed by atoms with Gasteiger partial charge in [-0.05, 0) is 138 Å². The average Bonchev–Trinajstić information content (AvgIpc) is 3.06. The van der Waals surface area contributed by atoms with Gasteiger partial charge in [0.1, 0.15) is 16.1 Å². The molecule has 0 spiro atoms. The minimum absolute atomic E-state index is 0.535. The Kier molecular flexibility index (Phi) is 11.4. The number of fused-ring (bicyclic) bond motifs is 4. The molecule has 0 saturated carbocycles. The van der Waals surface area contributed by atoms with Crippen LogP contribution in [0.25, 0.3) is 43.1 Å². The molecule has 0 aliphatic rings. The maximum absolute atomic E-state index is 5.80. The fraction of sp³-hybridized carbons (Fsp3) is 0.458. The number of benzene rings is 5. The predicted octanol–water partition coefficient (Wildman–Crippen LogP) is 14.1. The van der Waals surface area contributed by atoms with Crippen LogP contribution in [-0.2, 0) is 0 Å². The molecule has 0 aromatic heterocycles. The molecule has 0 atom stereocenters. The fourth-order valence-electron chi connectivity index (χ4n) is 9.80. The van der Waals surface area contributed by atoms with E-state index in [2.05, 4.69) is 168 Å². The lowest BCUT2D eigenvalue weighted by atomic mass is 9.88. The van der Waals surface area contributed by atoms with Crippen LogP contribution in [0, 0.1) is 36.8 Å². The van der Waals surface area contributed by atoms with Gasteiger partial charge in [-0.25, -0.2) is 0 Å². The molecule has 0 saturated heterocycles. The molecule has 0 heterocycles. The van der Waals surface area contributed by atoms with Crippen LogP contribution < -0.4 is 9.47 Å². The summed E-state index contributed by atoms with van der Waals surface area (Å²) in [6.45, 7) is 33.2. The highest BCUT2D eigenvalue weighted by atomic mass is 28.3. The Bertz CT molecular complexity index is 2080. The molecule has 0 radical (unpaired) electrons. The van der Waals surface area contributed by atoms with Gasteiger partial charge in [0.15, 0.2) is 11.5 Å². The lowest BCUT2D eigenvalue weighted by Gasteiger charge is -2.38. The quantitative estimate of drug-likeness (QED) is 0.0900. The monoisotopic (exact) mass is 726 g/mol. The van der Waals surface area contributed by atoms with Gasteiger partial charge in [0.25, 0.3) is 0 Å². The maximum Gasteiger partial charge on any atom is 0.161 e. The summed E-state index contributed by atoms with van der Waals surface area (Å²) in [5, 5.41) is 9.44. The van der Waals surface area contributed by atoms with E-state index in [-0.39, 0.29) is 0 Å². The van der Waals surface area contributed by atoms with Crippen molar-refractivity contribution in [2.24, 2.45) is 0 Å². The Hall–Kier alpha value is -3.71. The number of aryl methyl sites for hydroxylation is 2. The highest BCUT2D eigenvalue weighted by molar-refractivity contribution is 6.91. The number of rotatable bonds is 8. The van der Waals surface area contributed by atoms with Crippen LogP contribution in [0.2, 0.25) is 33.2 Å². The van der Waals surface area contributed by atoms with Crippen molar-refractivity contribution in [2.75, 3.05) is 14.2 Å². The normalized spacial score (nSPS) is 12.6. The molecule has 5 aromatic carbocycles. The largest absolute Gasteiger partial charge is 0.493 e. The minimum Gasteiger partial charge on any atom is -0.493 e. The molecule has 274 valence electrons. The van der Waals surface area contributed by atoms with Crippen LogP contribution in [0.1, 0.15) is 105 Å². The van der Waals surface area contributed by atoms with E-state index in [0.717, 1.165) is 44.2 Å². The highest BCUT2D eigenvalue weighted by Crippen LogP contribution is 2.44. The van der Waals surface area contributed by atoms with E-state index in [0.29, 0.717) is 33.2 Å². The SMILES string of the molecule is COc1cc2cc3c(C#C[Si](C(C)C)(C(C)C)C(C)C)c4cc5cc(C)c(C)cc5cc4c(C#C[Si](C(C)C)(C(C)C)C(C)C)c3cc2cc1OC. The summed E-state index contributed by atoms with van der Waals surface area (Å²) >= 11 is 0. The Morgan fingerprint density at radius 1 is 0.404 bits per heavy atom. The zero-order valence-corrected chi connectivity index (χ0v) is 36.9. The van der Waals surface area contributed by atoms with Gasteiger partial charge in [0, 0.05) is 11.1 Å². The topological polar surface area (TPSA) is 18.5 Å². The van der Waals surface area contributed by atoms with Crippen LogP contribution in [0.15, 0.2) is 48.5 Å². The molecule has 0 aliphatic heterocycles. The number of hydrogen-bond acceptors (Lipinski definition) is 2. The van der Waals surface area contributed by atoms with E-state index in [9.17, 15) is 0 Å². The molecule has 52 heavy (non-hydrogen) atoms. The highest BCUT2D eigenvalue weighted by Gasteiger charge is 2.43. The van der Waals surface area contributed by atoms with Crippen LogP contribution in [0.4, 0.5) is 0 Å². The van der Waals surface area contributed by atoms with Crippen molar-refractivity contribution in [1.29, 1.82) is 0 Å². The van der Waals surface area contributed by atoms with Crippen molar-refractivity contribution in [3.8, 4) is 34.4 Å².